The Morgan fingerprint density at radius 3 is 2.48 bits per heavy atom. The topological polar surface area (TPSA) is 62.5 Å². The van der Waals surface area contributed by atoms with Crippen LogP contribution in [0.15, 0.2) is 24.4 Å². The van der Waals surface area contributed by atoms with Gasteiger partial charge in [0, 0.05) is 19.3 Å². The van der Waals surface area contributed by atoms with Gasteiger partial charge in [0.15, 0.2) is 11.5 Å². The van der Waals surface area contributed by atoms with E-state index in [1.54, 1.807) is 0 Å². The van der Waals surface area contributed by atoms with Gasteiger partial charge >= 0.3 is 6.03 Å². The molecule has 2 aliphatic rings. The Morgan fingerprint density at radius 1 is 1.20 bits per heavy atom. The normalized spacial score (nSPS) is 18.5. The molecule has 0 radical (unpaired) electrons. The van der Waals surface area contributed by atoms with Gasteiger partial charge in [0.1, 0.15) is 0 Å². The summed E-state index contributed by atoms with van der Waals surface area (Å²) >= 11 is 0. The summed E-state index contributed by atoms with van der Waals surface area (Å²) < 4.78 is 1.97. The number of nitrogens with zero attached hydrogens (tertiary/aromatic N) is 4. The number of carbonyl (C=O) groups excluding carboxylic acids is 1. The minimum atomic E-state index is -0.147. The molecular weight excluding hydrogens is 314 g/mol. The lowest BCUT2D eigenvalue weighted by Gasteiger charge is -2.27. The first kappa shape index (κ1) is 16.4. The van der Waals surface area contributed by atoms with Crippen LogP contribution in [0.3, 0.4) is 0 Å². The van der Waals surface area contributed by atoms with Gasteiger partial charge < -0.3 is 10.2 Å². The Labute approximate surface area is 148 Å². The van der Waals surface area contributed by atoms with Crippen LogP contribution in [0.5, 0.6) is 0 Å². The molecule has 2 aromatic rings. The fourth-order valence-corrected chi connectivity index (χ4v) is 3.29. The van der Waals surface area contributed by atoms with E-state index in [9.17, 15) is 4.79 Å². The molecule has 1 N–H and O–H groups in total. The lowest BCUT2D eigenvalue weighted by Crippen LogP contribution is -2.45. The molecule has 0 aliphatic heterocycles. The number of urea groups is 1. The second-order valence-corrected chi connectivity index (χ2v) is 7.95. The zero-order valence-electron chi connectivity index (χ0n) is 15.1. The Balaban J connectivity index is 1.52. The summed E-state index contributed by atoms with van der Waals surface area (Å²) in [6, 6.07) is 5.74. The Kier molecular flexibility index (Phi) is 4.36. The number of amides is 2. The lowest BCUT2D eigenvalue weighted by atomic mass is 10.0. The van der Waals surface area contributed by atoms with Crippen LogP contribution in [0.4, 0.5) is 4.79 Å². The summed E-state index contributed by atoms with van der Waals surface area (Å²) in [6.45, 7) is 6.02. The highest BCUT2D eigenvalue weighted by atomic mass is 16.2. The number of aromatic nitrogens is 3. The first-order valence-corrected chi connectivity index (χ1v) is 9.47. The molecule has 2 fully saturated rings. The number of hydrogen-bond acceptors (Lipinski definition) is 3. The van der Waals surface area contributed by atoms with Crippen molar-refractivity contribution in [3.05, 3.63) is 30.2 Å². The Hall–Kier alpha value is -2.11. The molecule has 4 rings (SSSR count). The average Bonchev–Trinajstić information content (AvgIpc) is 3.52. The molecule has 25 heavy (non-hydrogen) atoms. The third-order valence-electron chi connectivity index (χ3n) is 5.20. The molecule has 2 saturated carbocycles. The van der Waals surface area contributed by atoms with Gasteiger partial charge in [-0.15, -0.1) is 10.2 Å². The predicted octanol–water partition coefficient (Wildman–Crippen LogP) is 3.26. The summed E-state index contributed by atoms with van der Waals surface area (Å²) in [5, 5.41) is 11.8. The van der Waals surface area contributed by atoms with Crippen molar-refractivity contribution < 1.29 is 4.79 Å². The molecule has 2 aromatic heterocycles. The van der Waals surface area contributed by atoms with Crippen molar-refractivity contribution in [2.45, 2.75) is 45.6 Å². The van der Waals surface area contributed by atoms with E-state index in [1.165, 1.54) is 25.7 Å². The highest BCUT2D eigenvalue weighted by Crippen LogP contribution is 2.34. The number of rotatable bonds is 7. The number of fused-ring (bicyclic) bond motifs is 1. The first-order valence-electron chi connectivity index (χ1n) is 9.47. The molecule has 2 heterocycles. The molecule has 0 unspecified atom stereocenters. The first-order chi connectivity index (χ1) is 12.1. The number of hydrogen-bond donors (Lipinski definition) is 1. The van der Waals surface area contributed by atoms with Gasteiger partial charge in [0.2, 0.25) is 0 Å². The minimum Gasteiger partial charge on any atom is -0.328 e. The van der Waals surface area contributed by atoms with Crippen molar-refractivity contribution in [3.8, 4) is 0 Å². The number of nitrogens with one attached hydrogen (secondary N) is 1. The molecule has 0 saturated heterocycles. The maximum absolute atomic E-state index is 13.0. The van der Waals surface area contributed by atoms with Crippen LogP contribution in [0.25, 0.3) is 5.65 Å². The van der Waals surface area contributed by atoms with Crippen molar-refractivity contribution in [1.82, 2.24) is 24.8 Å². The lowest BCUT2D eigenvalue weighted by molar-refractivity contribution is 0.184. The van der Waals surface area contributed by atoms with Gasteiger partial charge in [-0.1, -0.05) is 19.9 Å². The van der Waals surface area contributed by atoms with Gasteiger partial charge in [-0.05, 0) is 55.6 Å². The van der Waals surface area contributed by atoms with Crippen molar-refractivity contribution >= 4 is 11.7 Å². The minimum absolute atomic E-state index is 0.0465. The van der Waals surface area contributed by atoms with E-state index in [0.29, 0.717) is 11.8 Å². The van der Waals surface area contributed by atoms with Gasteiger partial charge in [-0.25, -0.2) is 4.79 Å². The second-order valence-electron chi connectivity index (χ2n) is 7.95. The van der Waals surface area contributed by atoms with E-state index in [2.05, 4.69) is 29.4 Å². The SMILES string of the molecule is CC(C)[C@H](NC(=O)N(CC1CC1)CC1CC1)c1nnc2ccccn12. The van der Waals surface area contributed by atoms with E-state index in [1.807, 2.05) is 33.7 Å². The van der Waals surface area contributed by atoms with Crippen LogP contribution in [0.2, 0.25) is 0 Å². The van der Waals surface area contributed by atoms with Crippen LogP contribution in [-0.2, 0) is 0 Å². The zero-order chi connectivity index (χ0) is 17.4. The summed E-state index contributed by atoms with van der Waals surface area (Å²) in [5.74, 6) is 2.45. The van der Waals surface area contributed by atoms with Crippen molar-refractivity contribution in [2.75, 3.05) is 13.1 Å². The number of carbonyl (C=O) groups is 1. The van der Waals surface area contributed by atoms with E-state index in [-0.39, 0.29) is 18.0 Å². The number of pyridine rings is 1. The van der Waals surface area contributed by atoms with Crippen LogP contribution in [-0.4, -0.2) is 38.6 Å². The molecule has 0 aromatic carbocycles. The monoisotopic (exact) mass is 341 g/mol. The maximum Gasteiger partial charge on any atom is 0.318 e. The summed E-state index contributed by atoms with van der Waals surface area (Å²) in [6.07, 6.45) is 7.00. The molecule has 1 atom stereocenters. The third-order valence-corrected chi connectivity index (χ3v) is 5.20. The molecule has 0 spiro atoms. The van der Waals surface area contributed by atoms with Crippen LogP contribution < -0.4 is 5.32 Å². The van der Waals surface area contributed by atoms with E-state index < -0.39 is 0 Å². The summed E-state index contributed by atoms with van der Waals surface area (Å²) in [7, 11) is 0. The van der Waals surface area contributed by atoms with E-state index in [4.69, 9.17) is 0 Å². The largest absolute Gasteiger partial charge is 0.328 e. The van der Waals surface area contributed by atoms with Crippen LogP contribution in [0.1, 0.15) is 51.4 Å². The Morgan fingerprint density at radius 2 is 1.88 bits per heavy atom. The van der Waals surface area contributed by atoms with Crippen LogP contribution in [0, 0.1) is 17.8 Å². The van der Waals surface area contributed by atoms with Gasteiger partial charge in [0.25, 0.3) is 0 Å². The second kappa shape index (κ2) is 6.65. The fraction of sp³-hybridized carbons (Fsp3) is 0.632. The van der Waals surface area contributed by atoms with Gasteiger partial charge in [0.05, 0.1) is 6.04 Å². The van der Waals surface area contributed by atoms with Gasteiger partial charge in [-0.2, -0.15) is 0 Å². The average molecular weight is 341 g/mol. The predicted molar refractivity (Wildman–Crippen MR) is 96.1 cm³/mol. The molecule has 2 amide bonds. The van der Waals surface area contributed by atoms with Crippen molar-refractivity contribution in [1.29, 1.82) is 0 Å². The van der Waals surface area contributed by atoms with Gasteiger partial charge in [-0.3, -0.25) is 4.40 Å². The van der Waals surface area contributed by atoms with E-state index in [0.717, 1.165) is 24.6 Å². The molecule has 134 valence electrons. The quantitative estimate of drug-likeness (QED) is 0.841. The molecule has 2 aliphatic carbocycles. The molecule has 6 heteroatoms. The summed E-state index contributed by atoms with van der Waals surface area (Å²) in [5.41, 5.74) is 0.810. The fourth-order valence-electron chi connectivity index (χ4n) is 3.29. The summed E-state index contributed by atoms with van der Waals surface area (Å²) in [4.78, 5) is 15.0. The highest BCUT2D eigenvalue weighted by molar-refractivity contribution is 5.74. The smallest absolute Gasteiger partial charge is 0.318 e. The molecule has 0 bridgehead atoms. The highest BCUT2D eigenvalue weighted by Gasteiger charge is 2.33. The zero-order valence-corrected chi connectivity index (χ0v) is 15.1. The van der Waals surface area contributed by atoms with Crippen molar-refractivity contribution in [2.24, 2.45) is 17.8 Å². The van der Waals surface area contributed by atoms with Crippen molar-refractivity contribution in [3.63, 3.8) is 0 Å². The van der Waals surface area contributed by atoms with Crippen LogP contribution >= 0.6 is 0 Å². The molecule has 6 nitrogen and oxygen atoms in total. The Bertz CT molecular complexity index is 733. The maximum atomic E-state index is 13.0. The van der Waals surface area contributed by atoms with E-state index >= 15 is 0 Å². The standard InChI is InChI=1S/C19H27N5O/c1-13(2)17(18-22-21-16-5-3-4-10-24(16)18)20-19(25)23(11-14-6-7-14)12-15-8-9-15/h3-5,10,13-15,17H,6-9,11-12H2,1-2H3,(H,20,25)/t17-/m0/s1. The third kappa shape index (κ3) is 3.78. The molecular formula is C19H27N5O.